The second-order valence-electron chi connectivity index (χ2n) is 9.19. The van der Waals surface area contributed by atoms with Crippen molar-refractivity contribution in [2.45, 2.75) is 50.6 Å². The molecule has 0 radical (unpaired) electrons. The molecule has 0 unspecified atom stereocenters. The van der Waals surface area contributed by atoms with Crippen molar-refractivity contribution in [3.8, 4) is 5.75 Å². The Bertz CT molecular complexity index is 1390. The topological polar surface area (TPSA) is 133 Å². The molecule has 2 N–H and O–H groups in total. The molecule has 0 spiro atoms. The molecule has 0 aliphatic heterocycles. The molecule has 0 atom stereocenters. The van der Waals surface area contributed by atoms with Gasteiger partial charge in [0, 0.05) is 25.0 Å². The molecule has 0 saturated carbocycles. The van der Waals surface area contributed by atoms with E-state index in [1.807, 2.05) is 0 Å². The van der Waals surface area contributed by atoms with Gasteiger partial charge in [-0.1, -0.05) is 51.1 Å². The molecule has 0 bridgehead atoms. The molecule has 37 heavy (non-hydrogen) atoms. The summed E-state index contributed by atoms with van der Waals surface area (Å²) in [7, 11) is -3.71. The first kappa shape index (κ1) is 30.7. The third kappa shape index (κ3) is 7.96. The Morgan fingerprint density at radius 2 is 1.70 bits per heavy atom. The molecule has 12 heteroatoms. The third-order valence-electron chi connectivity index (χ3n) is 5.28. The van der Waals surface area contributed by atoms with Crippen LogP contribution >= 0.6 is 0 Å². The molecule has 192 valence electrons. The molecule has 0 fully saturated rings. The fraction of sp³-hybridized carbons (Fsp3) is 0.320. The molecule has 1 aromatic heterocycles. The van der Waals surface area contributed by atoms with Crippen molar-refractivity contribution < 1.29 is 52.3 Å². The summed E-state index contributed by atoms with van der Waals surface area (Å²) >= 11 is 0. The number of carbonyl (C=O) groups is 1. The Kier molecular flexibility index (Phi) is 10.6. The van der Waals surface area contributed by atoms with Crippen LogP contribution in [0.4, 0.5) is 4.39 Å². The zero-order valence-corrected chi connectivity index (χ0v) is 24.1. The van der Waals surface area contributed by atoms with Gasteiger partial charge in [-0.2, -0.15) is 0 Å². The molecule has 9 nitrogen and oxygen atoms in total. The number of rotatable bonds is 9. The van der Waals surface area contributed by atoms with Crippen molar-refractivity contribution in [3.05, 3.63) is 87.9 Å². The Morgan fingerprint density at radius 3 is 2.30 bits per heavy atom. The van der Waals surface area contributed by atoms with E-state index in [9.17, 15) is 27.5 Å². The van der Waals surface area contributed by atoms with Crippen molar-refractivity contribution in [3.63, 3.8) is 0 Å². The summed E-state index contributed by atoms with van der Waals surface area (Å²) in [4.78, 5) is 30.0. The molecule has 1 heterocycles. The zero-order valence-electron chi connectivity index (χ0n) is 21.2. The Labute approximate surface area is 237 Å². The molecular weight excluding hydrogens is 510 g/mol. The van der Waals surface area contributed by atoms with Crippen molar-refractivity contribution in [2.24, 2.45) is 0 Å². The van der Waals surface area contributed by atoms with Gasteiger partial charge in [-0.25, -0.2) is 22.5 Å². The van der Waals surface area contributed by atoms with Crippen molar-refractivity contribution in [1.82, 2.24) is 19.6 Å². The van der Waals surface area contributed by atoms with Crippen LogP contribution in [0.5, 0.6) is 5.75 Å². The van der Waals surface area contributed by atoms with Crippen molar-refractivity contribution in [2.75, 3.05) is 6.54 Å². The number of aromatic nitrogens is 2. The molecule has 0 saturated heterocycles. The van der Waals surface area contributed by atoms with Crippen molar-refractivity contribution >= 4 is 15.9 Å². The number of amides is 1. The van der Waals surface area contributed by atoms with Crippen LogP contribution in [-0.4, -0.2) is 30.4 Å². The number of hydrogen-bond acceptors (Lipinski definition) is 6. The van der Waals surface area contributed by atoms with E-state index in [0.717, 1.165) is 0 Å². The molecule has 0 aliphatic rings. The van der Waals surface area contributed by atoms with Crippen LogP contribution in [0.1, 0.15) is 49.1 Å². The van der Waals surface area contributed by atoms with E-state index >= 15 is 0 Å². The number of benzene rings is 2. The largest absolute Gasteiger partial charge is 1.00 e. The van der Waals surface area contributed by atoms with Crippen molar-refractivity contribution in [1.29, 1.82) is 0 Å². The average Bonchev–Trinajstić information content (AvgIpc) is 2.83. The second-order valence-corrected chi connectivity index (χ2v) is 11.0. The smallest absolute Gasteiger partial charge is 0.867 e. The minimum Gasteiger partial charge on any atom is -0.867 e. The van der Waals surface area contributed by atoms with E-state index in [0.29, 0.717) is 5.56 Å². The maximum Gasteiger partial charge on any atom is 1.00 e. The first-order chi connectivity index (χ1) is 16.9. The van der Waals surface area contributed by atoms with Gasteiger partial charge in [-0.15, -0.1) is 0 Å². The number of nitrogens with one attached hydrogen (secondary N) is 2. The fourth-order valence-corrected chi connectivity index (χ4v) is 4.56. The molecule has 3 aromatic rings. The molecule has 0 aliphatic carbocycles. The quantitative estimate of drug-likeness (QED) is 0.267. The summed E-state index contributed by atoms with van der Waals surface area (Å²) in [6, 6.07) is 13.4. The normalized spacial score (nSPS) is 11.6. The summed E-state index contributed by atoms with van der Waals surface area (Å²) in [5, 5.41) is 15.3. The van der Waals surface area contributed by atoms with E-state index in [1.54, 1.807) is 39.0 Å². The van der Waals surface area contributed by atoms with Crippen LogP contribution in [0.3, 0.4) is 0 Å². The van der Waals surface area contributed by atoms with Gasteiger partial charge in [-0.05, 0) is 42.0 Å². The first-order valence-electron chi connectivity index (χ1n) is 11.3. The van der Waals surface area contributed by atoms with Crippen LogP contribution in [0.15, 0.2) is 64.3 Å². The molecule has 1 amide bonds. The van der Waals surface area contributed by atoms with Crippen LogP contribution in [0.2, 0.25) is 0 Å². The van der Waals surface area contributed by atoms with Crippen LogP contribution in [-0.2, 0) is 28.5 Å². The van der Waals surface area contributed by atoms with Gasteiger partial charge in [0.25, 0.3) is 5.91 Å². The minimum atomic E-state index is -3.71. The van der Waals surface area contributed by atoms with E-state index < -0.39 is 44.2 Å². The van der Waals surface area contributed by atoms with E-state index in [2.05, 4.69) is 15.0 Å². The Hall–Kier alpha value is -2.57. The zero-order chi connectivity index (χ0) is 26.5. The summed E-state index contributed by atoms with van der Waals surface area (Å²) in [5.41, 5.74) is -1.51. The van der Waals surface area contributed by atoms with E-state index in [-0.39, 0.29) is 66.3 Å². The van der Waals surface area contributed by atoms with Gasteiger partial charge in [0.2, 0.25) is 15.6 Å². The maximum absolute atomic E-state index is 13.1. The minimum absolute atomic E-state index is 0. The maximum atomic E-state index is 13.1. The standard InChI is InChI=1S/C25H29FN4O5S.Na/c1-25(2,3)24-29-20(22(32)27-16-17-10-12-18(26)13-11-17)21(31)23(33)30(24)15-7-14-28-36(34,35)19-8-5-4-6-9-19;/h4-6,8-13,28,31H,7,14-16H2,1-3H3,(H,27,32);/q;+1/p-1. The van der Waals surface area contributed by atoms with Crippen LogP contribution in [0, 0.1) is 5.82 Å². The van der Waals surface area contributed by atoms with Crippen LogP contribution in [0.25, 0.3) is 0 Å². The van der Waals surface area contributed by atoms with Gasteiger partial charge in [0.1, 0.15) is 17.3 Å². The first-order valence-corrected chi connectivity index (χ1v) is 12.8. The van der Waals surface area contributed by atoms with Gasteiger partial charge in [-0.3, -0.25) is 14.2 Å². The summed E-state index contributed by atoms with van der Waals surface area (Å²) in [6.45, 7) is 5.44. The van der Waals surface area contributed by atoms with Gasteiger partial charge in [0.15, 0.2) is 0 Å². The fourth-order valence-electron chi connectivity index (χ4n) is 3.47. The van der Waals surface area contributed by atoms with Gasteiger partial charge >= 0.3 is 29.6 Å². The number of carbonyl (C=O) groups excluding carboxylic acids is 1. The summed E-state index contributed by atoms with van der Waals surface area (Å²) in [6.07, 6.45) is 0.215. The molecule has 3 rings (SSSR count). The Balaban J connectivity index is 0.00000481. The van der Waals surface area contributed by atoms with Gasteiger partial charge in [0.05, 0.1) is 4.90 Å². The summed E-state index contributed by atoms with van der Waals surface area (Å²) < 4.78 is 41.5. The van der Waals surface area contributed by atoms with E-state index in [1.165, 1.54) is 41.0 Å². The van der Waals surface area contributed by atoms with E-state index in [4.69, 9.17) is 0 Å². The predicted octanol–water partition coefficient (Wildman–Crippen LogP) is -0.944. The predicted molar refractivity (Wildman–Crippen MR) is 130 cm³/mol. The number of hydrogen-bond donors (Lipinski definition) is 2. The second kappa shape index (κ2) is 12.8. The third-order valence-corrected chi connectivity index (χ3v) is 6.76. The monoisotopic (exact) mass is 538 g/mol. The number of sulfonamides is 1. The van der Waals surface area contributed by atoms with Gasteiger partial charge < -0.3 is 10.4 Å². The van der Waals surface area contributed by atoms with Crippen LogP contribution < -0.4 is 50.3 Å². The SMILES string of the molecule is CC(C)(C)c1nc(C(=O)NCc2ccc(F)cc2)c([O-])c(=O)n1CCCNS(=O)(=O)c1ccccc1.[Na+]. The number of halogens is 1. The molecular formula is C25H28FN4NaO5S. The molecule has 2 aromatic carbocycles. The number of nitrogens with zero attached hydrogens (tertiary/aromatic N) is 2. The summed E-state index contributed by atoms with van der Waals surface area (Å²) in [5.74, 6) is -2.05. The Morgan fingerprint density at radius 1 is 1.08 bits per heavy atom. The average molecular weight is 539 g/mol.